The molecule has 0 aromatic carbocycles. The first-order valence-electron chi connectivity index (χ1n) is 14.8. The van der Waals surface area contributed by atoms with Gasteiger partial charge in [0.05, 0.1) is 25.0 Å². The third-order valence-electron chi connectivity index (χ3n) is 9.80. The second-order valence-electron chi connectivity index (χ2n) is 12.3. The van der Waals surface area contributed by atoms with Crippen LogP contribution in [0.4, 0.5) is 0 Å². The Morgan fingerprint density at radius 3 is 1.74 bits per heavy atom. The number of rotatable bonds is 7. The van der Waals surface area contributed by atoms with Crippen molar-refractivity contribution in [2.24, 2.45) is 47.0 Å². The maximum absolute atomic E-state index is 12.7. The topological polar surface area (TPSA) is 105 Å². The molecule has 6 heteroatoms. The van der Waals surface area contributed by atoms with Crippen LogP contribution in [0.1, 0.15) is 109 Å². The predicted octanol–water partition coefficient (Wildman–Crippen LogP) is 5.11. The van der Waals surface area contributed by atoms with Gasteiger partial charge >= 0.3 is 11.9 Å². The Kier molecular flexibility index (Phi) is 10.3. The van der Waals surface area contributed by atoms with E-state index < -0.39 is 0 Å². The molecule has 35 heavy (non-hydrogen) atoms. The summed E-state index contributed by atoms with van der Waals surface area (Å²) in [6.45, 7) is 0.802. The number of nitrogens with two attached hydrogens (primary N) is 2. The Hall–Kier alpha value is -1.14. The van der Waals surface area contributed by atoms with Crippen LogP contribution >= 0.6 is 0 Å². The van der Waals surface area contributed by atoms with Crippen molar-refractivity contribution in [3.63, 3.8) is 0 Å². The van der Waals surface area contributed by atoms with Gasteiger partial charge in [-0.2, -0.15) is 0 Å². The van der Waals surface area contributed by atoms with Crippen LogP contribution in [0.5, 0.6) is 0 Å². The average Bonchev–Trinajstić information content (AvgIpc) is 3.52. The Balaban J connectivity index is 1.10. The van der Waals surface area contributed by atoms with Crippen molar-refractivity contribution in [2.45, 2.75) is 121 Å². The number of hydrogen-bond acceptors (Lipinski definition) is 6. The molecule has 4 aliphatic rings. The zero-order valence-corrected chi connectivity index (χ0v) is 21.8. The van der Waals surface area contributed by atoms with Gasteiger partial charge in [0.1, 0.15) is 0 Å². The molecule has 6 nitrogen and oxygen atoms in total. The van der Waals surface area contributed by atoms with E-state index in [1.54, 1.807) is 0 Å². The third-order valence-corrected chi connectivity index (χ3v) is 9.80. The molecule has 0 amide bonds. The summed E-state index contributed by atoms with van der Waals surface area (Å²) >= 11 is 0. The van der Waals surface area contributed by atoms with E-state index in [0.717, 1.165) is 69.6 Å². The molecule has 0 heterocycles. The molecule has 0 aliphatic heterocycles. The summed E-state index contributed by atoms with van der Waals surface area (Å²) in [5, 5.41) is 0. The van der Waals surface area contributed by atoms with Crippen molar-refractivity contribution in [3.8, 4) is 0 Å². The summed E-state index contributed by atoms with van der Waals surface area (Å²) in [5.74, 6) is 2.64. The fourth-order valence-corrected chi connectivity index (χ4v) is 7.48. The number of unbranched alkanes of at least 4 members (excludes halogenated alkanes) is 1. The molecule has 2 unspecified atom stereocenters. The minimum atomic E-state index is -0.0815. The quantitative estimate of drug-likeness (QED) is 0.379. The van der Waals surface area contributed by atoms with Gasteiger partial charge in [-0.05, 0) is 94.3 Å². The summed E-state index contributed by atoms with van der Waals surface area (Å²) in [7, 11) is 0. The van der Waals surface area contributed by atoms with Crippen LogP contribution in [0.15, 0.2) is 0 Å². The molecule has 4 rings (SSSR count). The van der Waals surface area contributed by atoms with Gasteiger partial charge in [-0.25, -0.2) is 0 Å². The van der Waals surface area contributed by atoms with Crippen molar-refractivity contribution in [1.82, 2.24) is 0 Å². The highest BCUT2D eigenvalue weighted by Gasteiger charge is 2.34. The number of esters is 2. The second-order valence-corrected chi connectivity index (χ2v) is 12.3. The average molecular weight is 491 g/mol. The van der Waals surface area contributed by atoms with Gasteiger partial charge in [-0.15, -0.1) is 0 Å². The number of carbonyl (C=O) groups excluding carboxylic acids is 2. The number of hydrogen-bond donors (Lipinski definition) is 2. The maximum atomic E-state index is 12.7. The van der Waals surface area contributed by atoms with Crippen molar-refractivity contribution < 1.29 is 19.1 Å². The van der Waals surface area contributed by atoms with Crippen molar-refractivity contribution in [3.05, 3.63) is 0 Å². The molecule has 4 fully saturated rings. The molecule has 4 N–H and O–H groups in total. The van der Waals surface area contributed by atoms with E-state index in [-0.39, 0.29) is 35.9 Å². The van der Waals surface area contributed by atoms with Crippen LogP contribution in [0.25, 0.3) is 0 Å². The predicted molar refractivity (Wildman–Crippen MR) is 137 cm³/mol. The lowest BCUT2D eigenvalue weighted by molar-refractivity contribution is -0.151. The lowest BCUT2D eigenvalue weighted by atomic mass is 9.85. The molecule has 0 radical (unpaired) electrons. The first-order chi connectivity index (χ1) is 17.0. The first kappa shape index (κ1) is 26.9. The summed E-state index contributed by atoms with van der Waals surface area (Å²) < 4.78 is 11.2. The Labute approximate surface area is 212 Å². The summed E-state index contributed by atoms with van der Waals surface area (Å²) in [6, 6.07) is 0.358. The Morgan fingerprint density at radius 2 is 1.11 bits per heavy atom. The van der Waals surface area contributed by atoms with Crippen LogP contribution in [0.2, 0.25) is 0 Å². The Bertz CT molecular complexity index is 686. The van der Waals surface area contributed by atoms with Crippen LogP contribution < -0.4 is 11.5 Å². The van der Waals surface area contributed by atoms with E-state index >= 15 is 0 Å². The van der Waals surface area contributed by atoms with Gasteiger partial charge in [-0.1, -0.05) is 38.5 Å². The smallest absolute Gasteiger partial charge is 0.308 e. The van der Waals surface area contributed by atoms with Gasteiger partial charge in [0, 0.05) is 12.1 Å². The number of fused-ring (bicyclic) bond motifs is 4. The lowest BCUT2D eigenvalue weighted by Crippen LogP contribution is -2.33. The number of carbonyl (C=O) groups is 2. The monoisotopic (exact) mass is 490 g/mol. The van der Waals surface area contributed by atoms with Crippen LogP contribution in [-0.2, 0) is 19.1 Å². The summed E-state index contributed by atoms with van der Waals surface area (Å²) in [6.07, 6.45) is 18.1. The fraction of sp³-hybridized carbons (Fsp3) is 0.931. The van der Waals surface area contributed by atoms with Crippen LogP contribution in [-0.4, -0.2) is 37.2 Å². The molecule has 4 bridgehead atoms. The van der Waals surface area contributed by atoms with Crippen molar-refractivity contribution in [2.75, 3.05) is 13.2 Å². The zero-order valence-electron chi connectivity index (χ0n) is 21.8. The Morgan fingerprint density at radius 1 is 0.571 bits per heavy atom. The minimum Gasteiger partial charge on any atom is -0.465 e. The fourth-order valence-electron chi connectivity index (χ4n) is 7.48. The largest absolute Gasteiger partial charge is 0.465 e. The highest BCUT2D eigenvalue weighted by Crippen LogP contribution is 2.40. The first-order valence-corrected chi connectivity index (χ1v) is 14.8. The normalized spacial score (nSPS) is 38.1. The van der Waals surface area contributed by atoms with Crippen LogP contribution in [0, 0.1) is 35.5 Å². The van der Waals surface area contributed by atoms with Gasteiger partial charge in [0.25, 0.3) is 0 Å². The highest BCUT2D eigenvalue weighted by molar-refractivity contribution is 5.72. The molecule has 0 spiro atoms. The molecule has 4 saturated carbocycles. The maximum Gasteiger partial charge on any atom is 0.308 e. The molecule has 0 aromatic heterocycles. The SMILES string of the molecule is NC1C[C@@H](C(=O)OCCCCOC(=O)[C@@H]2CCC[C@@H]3CC[C@@H](C3)C(N)CC2)CCC[C@H]2CC[C@@H]1C2. The van der Waals surface area contributed by atoms with E-state index in [2.05, 4.69) is 0 Å². The third kappa shape index (κ3) is 7.92. The van der Waals surface area contributed by atoms with E-state index in [4.69, 9.17) is 20.9 Å². The minimum absolute atomic E-state index is 0.0146. The molecule has 4 aliphatic carbocycles. The van der Waals surface area contributed by atoms with Gasteiger partial charge in [0.15, 0.2) is 0 Å². The van der Waals surface area contributed by atoms with Gasteiger partial charge in [-0.3, -0.25) is 9.59 Å². The van der Waals surface area contributed by atoms with E-state index in [0.29, 0.717) is 25.0 Å². The van der Waals surface area contributed by atoms with Crippen molar-refractivity contribution >= 4 is 11.9 Å². The summed E-state index contributed by atoms with van der Waals surface area (Å²) in [5.41, 5.74) is 12.9. The van der Waals surface area contributed by atoms with Crippen LogP contribution in [0.3, 0.4) is 0 Å². The second kappa shape index (κ2) is 13.4. The lowest BCUT2D eigenvalue weighted by Gasteiger charge is -2.24. The standard InChI is InChI=1S/C29H50N2O4/c30-26-14-13-22(7-3-5-20-9-11-23(26)17-20)28(32)34-15-1-2-16-35-29(33)25-8-4-6-21-10-12-24(18-21)27(31)19-25/h20-27H,1-19,30-31H2/t20-,21+,22-,23+,24-,25+,26?,27?/m1/s1. The molecule has 8 atom stereocenters. The molecule has 0 saturated heterocycles. The molecule has 200 valence electrons. The van der Waals surface area contributed by atoms with E-state index in [1.807, 2.05) is 0 Å². The van der Waals surface area contributed by atoms with Gasteiger partial charge < -0.3 is 20.9 Å². The molecule has 0 aromatic rings. The molecular formula is C29H50N2O4. The van der Waals surface area contributed by atoms with E-state index in [1.165, 1.54) is 51.4 Å². The van der Waals surface area contributed by atoms with Crippen molar-refractivity contribution in [1.29, 1.82) is 0 Å². The van der Waals surface area contributed by atoms with Gasteiger partial charge in [0.2, 0.25) is 0 Å². The zero-order chi connectivity index (χ0) is 24.6. The highest BCUT2D eigenvalue weighted by atomic mass is 16.5. The summed E-state index contributed by atoms with van der Waals surface area (Å²) in [4.78, 5) is 25.4. The molecular weight excluding hydrogens is 440 g/mol. The van der Waals surface area contributed by atoms with E-state index in [9.17, 15) is 9.59 Å². The number of ether oxygens (including phenoxy) is 2.